The molecule has 6 nitrogen and oxygen atoms in total. The highest BCUT2D eigenvalue weighted by atomic mass is 16.5. The number of rotatable bonds is 6. The van der Waals surface area contributed by atoms with Gasteiger partial charge in [-0.15, -0.1) is 0 Å². The van der Waals surface area contributed by atoms with Gasteiger partial charge in [-0.05, 0) is 60.5 Å². The van der Waals surface area contributed by atoms with Gasteiger partial charge in [-0.1, -0.05) is 60.7 Å². The molecule has 0 amide bonds. The van der Waals surface area contributed by atoms with Gasteiger partial charge in [0.25, 0.3) is 5.56 Å². The van der Waals surface area contributed by atoms with Crippen LogP contribution in [0.4, 0.5) is 11.4 Å². The van der Waals surface area contributed by atoms with Gasteiger partial charge in [-0.25, -0.2) is 9.78 Å². The first-order chi connectivity index (χ1) is 18.0. The number of methoxy groups -OCH3 is 1. The Morgan fingerprint density at radius 2 is 1.41 bits per heavy atom. The summed E-state index contributed by atoms with van der Waals surface area (Å²) >= 11 is 0. The first-order valence-electron chi connectivity index (χ1n) is 12.0. The molecule has 0 unspecified atom stereocenters. The summed E-state index contributed by atoms with van der Waals surface area (Å²) in [5.74, 6) is 0.267. The van der Waals surface area contributed by atoms with E-state index in [1.807, 2.05) is 110 Å². The van der Waals surface area contributed by atoms with E-state index in [4.69, 9.17) is 9.72 Å². The number of esters is 1. The van der Waals surface area contributed by atoms with Crippen molar-refractivity contribution in [1.82, 2.24) is 9.55 Å². The zero-order valence-electron chi connectivity index (χ0n) is 21.0. The van der Waals surface area contributed by atoms with Crippen molar-refractivity contribution in [1.29, 1.82) is 0 Å². The number of nitrogens with zero attached hydrogens (tertiary/aromatic N) is 3. The molecule has 0 aliphatic carbocycles. The van der Waals surface area contributed by atoms with E-state index in [1.54, 1.807) is 16.7 Å². The van der Waals surface area contributed by atoms with E-state index in [-0.39, 0.29) is 17.6 Å². The Morgan fingerprint density at radius 1 is 0.838 bits per heavy atom. The number of ether oxygens (including phenoxy) is 1. The molecule has 0 fully saturated rings. The Labute approximate surface area is 215 Å². The average Bonchev–Trinajstić information content (AvgIpc) is 2.95. The minimum absolute atomic E-state index is 0.100. The second-order valence-corrected chi connectivity index (χ2v) is 8.86. The van der Waals surface area contributed by atoms with Crippen LogP contribution in [0.1, 0.15) is 33.4 Å². The highest BCUT2D eigenvalue weighted by Gasteiger charge is 2.21. The molecule has 0 aliphatic heterocycles. The number of aromatic nitrogens is 2. The van der Waals surface area contributed by atoms with Crippen molar-refractivity contribution in [2.24, 2.45) is 0 Å². The monoisotopic (exact) mass is 489 g/mol. The van der Waals surface area contributed by atoms with Crippen LogP contribution < -0.4 is 10.5 Å². The molecule has 0 atom stereocenters. The lowest BCUT2D eigenvalue weighted by molar-refractivity contribution is 0.0600. The molecule has 6 heteroatoms. The Hall–Kier alpha value is -4.71. The Balaban J connectivity index is 1.62. The van der Waals surface area contributed by atoms with Crippen LogP contribution in [0.3, 0.4) is 0 Å². The normalized spacial score (nSPS) is 11.0. The predicted molar refractivity (Wildman–Crippen MR) is 147 cm³/mol. The number of carbonyl (C=O) groups is 1. The van der Waals surface area contributed by atoms with Crippen LogP contribution in [0.25, 0.3) is 10.9 Å². The third-order valence-corrected chi connectivity index (χ3v) is 6.61. The fourth-order valence-corrected chi connectivity index (χ4v) is 4.66. The molecule has 0 saturated heterocycles. The molecular weight excluding hydrogens is 462 g/mol. The predicted octanol–water partition coefficient (Wildman–Crippen LogP) is 5.90. The number of hydrogen-bond donors (Lipinski definition) is 0. The summed E-state index contributed by atoms with van der Waals surface area (Å²) in [6.45, 7) is 1.88. The maximum Gasteiger partial charge on any atom is 0.337 e. The largest absolute Gasteiger partial charge is 0.465 e. The van der Waals surface area contributed by atoms with Gasteiger partial charge in [0, 0.05) is 18.4 Å². The Kier molecular flexibility index (Phi) is 6.56. The van der Waals surface area contributed by atoms with E-state index < -0.39 is 0 Å². The molecule has 0 saturated carbocycles. The van der Waals surface area contributed by atoms with Crippen LogP contribution >= 0.6 is 0 Å². The van der Waals surface area contributed by atoms with Crippen LogP contribution in [-0.4, -0.2) is 29.7 Å². The maximum absolute atomic E-state index is 14.1. The molecule has 0 N–H and O–H groups in total. The third-order valence-electron chi connectivity index (χ3n) is 6.61. The quantitative estimate of drug-likeness (QED) is 0.278. The van der Waals surface area contributed by atoms with Gasteiger partial charge in [0.15, 0.2) is 0 Å². The van der Waals surface area contributed by atoms with E-state index in [2.05, 4.69) is 0 Å². The Bertz CT molecular complexity index is 1570. The number of aryl methyl sites for hydroxylation is 1. The highest BCUT2D eigenvalue weighted by molar-refractivity contribution is 5.90. The zero-order chi connectivity index (χ0) is 25.9. The molecule has 184 valence electrons. The first kappa shape index (κ1) is 24.0. The fourth-order valence-electron chi connectivity index (χ4n) is 4.66. The third kappa shape index (κ3) is 4.61. The molecule has 5 rings (SSSR count). The van der Waals surface area contributed by atoms with Gasteiger partial charge in [0.1, 0.15) is 5.82 Å². The van der Waals surface area contributed by atoms with Crippen LogP contribution in [-0.2, 0) is 4.74 Å². The van der Waals surface area contributed by atoms with E-state index in [0.29, 0.717) is 22.3 Å². The molecule has 0 aliphatic rings. The zero-order valence-corrected chi connectivity index (χ0v) is 21.0. The van der Waals surface area contributed by atoms with Crippen molar-refractivity contribution in [2.75, 3.05) is 19.1 Å². The van der Waals surface area contributed by atoms with Gasteiger partial charge < -0.3 is 9.64 Å². The smallest absolute Gasteiger partial charge is 0.337 e. The van der Waals surface area contributed by atoms with Crippen LogP contribution in [0.15, 0.2) is 108 Å². The SMILES string of the molecule is COC(=O)c1ccc(N(C)c2ccc3nc(C)n(C(c4ccccc4)c4ccccc4)c(=O)c3c2)cc1. The molecule has 5 aromatic rings. The fraction of sp³-hybridized carbons (Fsp3) is 0.129. The van der Waals surface area contributed by atoms with E-state index >= 15 is 0 Å². The van der Waals surface area contributed by atoms with E-state index in [9.17, 15) is 9.59 Å². The molecule has 0 spiro atoms. The molecule has 1 heterocycles. The van der Waals surface area contributed by atoms with Crippen molar-refractivity contribution in [3.05, 3.63) is 136 Å². The summed E-state index contributed by atoms with van der Waals surface area (Å²) < 4.78 is 6.57. The topological polar surface area (TPSA) is 64.4 Å². The maximum atomic E-state index is 14.1. The van der Waals surface area contributed by atoms with Crippen LogP contribution in [0.5, 0.6) is 0 Å². The average molecular weight is 490 g/mol. The van der Waals surface area contributed by atoms with Crippen molar-refractivity contribution in [3.63, 3.8) is 0 Å². The standard InChI is InChI=1S/C31H27N3O3/c1-21-32-28-19-18-26(33(2)25-16-14-24(15-17-25)31(36)37-3)20-27(28)30(35)34(21)29(22-10-6-4-7-11-22)23-12-8-5-9-13-23/h4-20,29H,1-3H3. The van der Waals surface area contributed by atoms with E-state index in [0.717, 1.165) is 22.5 Å². The summed E-state index contributed by atoms with van der Waals surface area (Å²) in [5, 5.41) is 0.540. The van der Waals surface area contributed by atoms with Gasteiger partial charge in [-0.3, -0.25) is 9.36 Å². The molecule has 0 bridgehead atoms. The number of hydrogen-bond acceptors (Lipinski definition) is 5. The minimum atomic E-state index is -0.381. The van der Waals surface area contributed by atoms with Crippen molar-refractivity contribution < 1.29 is 9.53 Å². The van der Waals surface area contributed by atoms with Crippen molar-refractivity contribution in [2.45, 2.75) is 13.0 Å². The van der Waals surface area contributed by atoms with Crippen LogP contribution in [0, 0.1) is 6.92 Å². The lowest BCUT2D eigenvalue weighted by Gasteiger charge is -2.24. The summed E-state index contributed by atoms with van der Waals surface area (Å²) in [6, 6.07) is 32.6. The molecule has 4 aromatic carbocycles. The number of carbonyl (C=O) groups excluding carboxylic acids is 1. The second kappa shape index (κ2) is 10.1. The van der Waals surface area contributed by atoms with Gasteiger partial charge in [0.05, 0.1) is 29.6 Å². The number of fused-ring (bicyclic) bond motifs is 1. The lowest BCUT2D eigenvalue weighted by Crippen LogP contribution is -2.29. The molecule has 37 heavy (non-hydrogen) atoms. The number of benzene rings is 4. The van der Waals surface area contributed by atoms with E-state index in [1.165, 1.54) is 7.11 Å². The van der Waals surface area contributed by atoms with Gasteiger partial charge >= 0.3 is 5.97 Å². The van der Waals surface area contributed by atoms with Crippen molar-refractivity contribution >= 4 is 28.2 Å². The van der Waals surface area contributed by atoms with Gasteiger partial charge in [-0.2, -0.15) is 0 Å². The second-order valence-electron chi connectivity index (χ2n) is 8.86. The van der Waals surface area contributed by atoms with Crippen molar-refractivity contribution in [3.8, 4) is 0 Å². The van der Waals surface area contributed by atoms with Gasteiger partial charge in [0.2, 0.25) is 0 Å². The first-order valence-corrected chi connectivity index (χ1v) is 12.0. The lowest BCUT2D eigenvalue weighted by atomic mass is 9.98. The summed E-state index contributed by atoms with van der Waals surface area (Å²) in [5.41, 5.74) is 4.77. The molecule has 0 radical (unpaired) electrons. The Morgan fingerprint density at radius 3 is 1.97 bits per heavy atom. The molecular formula is C31H27N3O3. The van der Waals surface area contributed by atoms with Crippen LogP contribution in [0.2, 0.25) is 0 Å². The minimum Gasteiger partial charge on any atom is -0.465 e. The number of anilines is 2. The summed E-state index contributed by atoms with van der Waals surface area (Å²) in [7, 11) is 3.28. The summed E-state index contributed by atoms with van der Waals surface area (Å²) in [6.07, 6.45) is 0. The highest BCUT2D eigenvalue weighted by Crippen LogP contribution is 2.29. The molecule has 1 aromatic heterocycles. The summed E-state index contributed by atoms with van der Waals surface area (Å²) in [4.78, 5) is 32.6.